The van der Waals surface area contributed by atoms with Crippen molar-refractivity contribution < 1.29 is 22.8 Å². The van der Waals surface area contributed by atoms with Gasteiger partial charge in [-0.25, -0.2) is 0 Å². The van der Waals surface area contributed by atoms with Gasteiger partial charge in [0.15, 0.2) is 0 Å². The quantitative estimate of drug-likeness (QED) is 0.802. The summed E-state index contributed by atoms with van der Waals surface area (Å²) in [7, 11) is 0. The van der Waals surface area contributed by atoms with Crippen LogP contribution in [0, 0.1) is 0 Å². The lowest BCUT2D eigenvalue weighted by molar-refractivity contribution is -0.137. The minimum absolute atomic E-state index is 0.0716. The second-order valence-electron chi connectivity index (χ2n) is 6.14. The van der Waals surface area contributed by atoms with Gasteiger partial charge in [0, 0.05) is 30.4 Å². The number of amides is 2. The molecule has 1 fully saturated rings. The van der Waals surface area contributed by atoms with Crippen LogP contribution in [0.2, 0.25) is 0 Å². The summed E-state index contributed by atoms with van der Waals surface area (Å²) >= 11 is 0. The molecule has 1 aliphatic heterocycles. The number of halogens is 3. The van der Waals surface area contributed by atoms with Gasteiger partial charge in [0.2, 0.25) is 11.8 Å². The van der Waals surface area contributed by atoms with Crippen molar-refractivity contribution in [2.45, 2.75) is 19.0 Å². The van der Waals surface area contributed by atoms with E-state index < -0.39 is 17.6 Å². The van der Waals surface area contributed by atoms with Crippen LogP contribution in [-0.4, -0.2) is 18.4 Å². The number of anilines is 2. The molecule has 4 nitrogen and oxygen atoms in total. The minimum Gasteiger partial charge on any atom is -0.322 e. The van der Waals surface area contributed by atoms with E-state index in [0.29, 0.717) is 13.0 Å². The fourth-order valence-corrected chi connectivity index (χ4v) is 2.82. The first-order valence-electron chi connectivity index (χ1n) is 8.40. The lowest BCUT2D eigenvalue weighted by Gasteiger charge is -2.15. The lowest BCUT2D eigenvalue weighted by atomic mass is 10.1. The Morgan fingerprint density at radius 3 is 2.48 bits per heavy atom. The molecule has 2 amide bonds. The van der Waals surface area contributed by atoms with E-state index in [1.54, 1.807) is 35.2 Å². The second kappa shape index (κ2) is 7.65. The van der Waals surface area contributed by atoms with Crippen LogP contribution in [0.3, 0.4) is 0 Å². The maximum Gasteiger partial charge on any atom is 0.416 e. The Morgan fingerprint density at radius 1 is 1.11 bits per heavy atom. The summed E-state index contributed by atoms with van der Waals surface area (Å²) in [5, 5.41) is 2.41. The van der Waals surface area contributed by atoms with Gasteiger partial charge in [0.1, 0.15) is 0 Å². The fraction of sp³-hybridized carbons (Fsp3) is 0.200. The van der Waals surface area contributed by atoms with Crippen molar-refractivity contribution in [3.05, 3.63) is 65.7 Å². The Hall–Kier alpha value is -3.09. The van der Waals surface area contributed by atoms with Crippen LogP contribution < -0.4 is 10.2 Å². The highest BCUT2D eigenvalue weighted by atomic mass is 19.4. The number of nitrogens with zero attached hydrogens (tertiary/aromatic N) is 1. The number of rotatable bonds is 4. The number of hydrogen-bond donors (Lipinski definition) is 1. The fourth-order valence-electron chi connectivity index (χ4n) is 2.82. The van der Waals surface area contributed by atoms with Crippen LogP contribution in [0.15, 0.2) is 54.6 Å². The Morgan fingerprint density at radius 2 is 1.85 bits per heavy atom. The Balaban J connectivity index is 1.62. The summed E-state index contributed by atoms with van der Waals surface area (Å²) in [6, 6.07) is 11.6. The highest BCUT2D eigenvalue weighted by molar-refractivity contribution is 6.02. The molecule has 7 heteroatoms. The zero-order valence-corrected chi connectivity index (χ0v) is 14.3. The predicted octanol–water partition coefficient (Wildman–Crippen LogP) is 4.48. The summed E-state index contributed by atoms with van der Waals surface area (Å²) < 4.78 is 38.1. The van der Waals surface area contributed by atoms with E-state index in [9.17, 15) is 22.8 Å². The van der Waals surface area contributed by atoms with Crippen molar-refractivity contribution in [2.24, 2.45) is 0 Å². The van der Waals surface area contributed by atoms with Crippen molar-refractivity contribution >= 4 is 29.3 Å². The first kappa shape index (κ1) is 18.7. The van der Waals surface area contributed by atoms with Gasteiger partial charge in [-0.2, -0.15) is 13.2 Å². The molecule has 0 spiro atoms. The Bertz CT molecular complexity index is 874. The monoisotopic (exact) mass is 374 g/mol. The zero-order chi connectivity index (χ0) is 19.4. The van der Waals surface area contributed by atoms with Gasteiger partial charge < -0.3 is 10.2 Å². The SMILES string of the molecule is O=C(/C=C/c1ccc(N2CCCC2=O)cc1)Nc1cccc(C(F)(F)F)c1. The van der Waals surface area contributed by atoms with Crippen LogP contribution in [0.4, 0.5) is 24.5 Å². The molecule has 140 valence electrons. The topological polar surface area (TPSA) is 49.4 Å². The van der Waals surface area contributed by atoms with Crippen molar-refractivity contribution in [2.75, 3.05) is 16.8 Å². The van der Waals surface area contributed by atoms with Gasteiger partial charge in [-0.1, -0.05) is 18.2 Å². The van der Waals surface area contributed by atoms with E-state index in [-0.39, 0.29) is 11.6 Å². The summed E-state index contributed by atoms with van der Waals surface area (Å²) in [6.45, 7) is 0.702. The molecular formula is C20H17F3N2O2. The average molecular weight is 374 g/mol. The molecule has 0 radical (unpaired) electrons. The van der Waals surface area contributed by atoms with E-state index in [2.05, 4.69) is 5.32 Å². The summed E-state index contributed by atoms with van der Waals surface area (Å²) in [5.41, 5.74) is 0.798. The molecule has 1 aliphatic rings. The molecule has 1 heterocycles. The Kier molecular flexibility index (Phi) is 5.30. The van der Waals surface area contributed by atoms with Crippen LogP contribution in [-0.2, 0) is 15.8 Å². The van der Waals surface area contributed by atoms with Crippen molar-refractivity contribution in [1.29, 1.82) is 0 Å². The van der Waals surface area contributed by atoms with Gasteiger partial charge >= 0.3 is 6.18 Å². The van der Waals surface area contributed by atoms with Crippen molar-refractivity contribution in [3.8, 4) is 0 Å². The van der Waals surface area contributed by atoms with Crippen LogP contribution in [0.25, 0.3) is 6.08 Å². The average Bonchev–Trinajstić information content (AvgIpc) is 3.06. The van der Waals surface area contributed by atoms with Crippen molar-refractivity contribution in [1.82, 2.24) is 0 Å². The minimum atomic E-state index is -4.46. The maximum absolute atomic E-state index is 12.7. The molecule has 1 saturated heterocycles. The lowest BCUT2D eigenvalue weighted by Crippen LogP contribution is -2.23. The largest absolute Gasteiger partial charge is 0.416 e. The molecule has 1 N–H and O–H groups in total. The summed E-state index contributed by atoms with van der Waals surface area (Å²) in [6.07, 6.45) is -0.266. The molecule has 3 rings (SSSR count). The highest BCUT2D eigenvalue weighted by Gasteiger charge is 2.30. The predicted molar refractivity (Wildman–Crippen MR) is 97.1 cm³/mol. The van der Waals surface area contributed by atoms with Gasteiger partial charge in [-0.3, -0.25) is 9.59 Å². The number of hydrogen-bond acceptors (Lipinski definition) is 2. The van der Waals surface area contributed by atoms with E-state index in [0.717, 1.165) is 29.8 Å². The number of alkyl halides is 3. The Labute approximate surface area is 154 Å². The van der Waals surface area contributed by atoms with E-state index in [1.807, 2.05) is 0 Å². The molecule has 0 bridgehead atoms. The van der Waals surface area contributed by atoms with Gasteiger partial charge in [-0.05, 0) is 48.4 Å². The molecule has 0 atom stereocenters. The van der Waals surface area contributed by atoms with Crippen LogP contribution in [0.5, 0.6) is 0 Å². The zero-order valence-electron chi connectivity index (χ0n) is 14.3. The molecular weight excluding hydrogens is 357 g/mol. The van der Waals surface area contributed by atoms with Crippen molar-refractivity contribution in [3.63, 3.8) is 0 Å². The third-order valence-corrected chi connectivity index (χ3v) is 4.16. The van der Waals surface area contributed by atoms with Gasteiger partial charge in [-0.15, -0.1) is 0 Å². The smallest absolute Gasteiger partial charge is 0.322 e. The normalized spacial score (nSPS) is 14.8. The van der Waals surface area contributed by atoms with Gasteiger partial charge in [0.25, 0.3) is 0 Å². The van der Waals surface area contributed by atoms with E-state index >= 15 is 0 Å². The molecule has 0 unspecified atom stereocenters. The molecule has 2 aromatic carbocycles. The molecule has 0 aromatic heterocycles. The summed E-state index contributed by atoms with van der Waals surface area (Å²) in [5.74, 6) is -0.438. The highest BCUT2D eigenvalue weighted by Crippen LogP contribution is 2.30. The standard InChI is InChI=1S/C20H17F3N2O2/c21-20(22,23)15-3-1-4-16(13-15)24-18(26)11-8-14-6-9-17(10-7-14)25-12-2-5-19(25)27/h1,3-4,6-11,13H,2,5,12H2,(H,24,26)/b11-8+. The first-order chi connectivity index (χ1) is 12.8. The number of nitrogens with one attached hydrogen (secondary N) is 1. The number of benzene rings is 2. The molecule has 0 aliphatic carbocycles. The molecule has 27 heavy (non-hydrogen) atoms. The number of carbonyl (C=O) groups is 2. The third-order valence-electron chi connectivity index (χ3n) is 4.16. The van der Waals surface area contributed by atoms with Crippen LogP contribution >= 0.6 is 0 Å². The van der Waals surface area contributed by atoms with Gasteiger partial charge in [0.05, 0.1) is 5.56 Å². The second-order valence-corrected chi connectivity index (χ2v) is 6.14. The number of carbonyl (C=O) groups excluding carboxylic acids is 2. The van der Waals surface area contributed by atoms with E-state index in [4.69, 9.17) is 0 Å². The molecule has 0 saturated carbocycles. The van der Waals surface area contributed by atoms with E-state index in [1.165, 1.54) is 18.2 Å². The first-order valence-corrected chi connectivity index (χ1v) is 8.40. The maximum atomic E-state index is 12.7. The third kappa shape index (κ3) is 4.75. The molecule has 2 aromatic rings. The van der Waals surface area contributed by atoms with Crippen LogP contribution in [0.1, 0.15) is 24.0 Å². The summed E-state index contributed by atoms with van der Waals surface area (Å²) in [4.78, 5) is 25.4.